The summed E-state index contributed by atoms with van der Waals surface area (Å²) in [4.78, 5) is 17.6. The number of nitrogens with zero attached hydrogens (tertiary/aromatic N) is 6. The van der Waals surface area contributed by atoms with Crippen LogP contribution in [0.5, 0.6) is 0 Å². The largest absolute Gasteiger partial charge is 0.335 e. The molecule has 0 bridgehead atoms. The van der Waals surface area contributed by atoms with E-state index in [-0.39, 0.29) is 95.4 Å². The third-order valence-corrected chi connectivity index (χ3v) is 47.2. The fraction of sp³-hybridized carbons (Fsp3) is 0.581. The Morgan fingerprint density at radius 2 is 0.435 bits per heavy atom. The Hall–Kier alpha value is -8.03. The molecule has 6 nitrogen and oxygen atoms in total. The maximum atomic E-state index is 2.97. The number of fused-ring (bicyclic) bond motifs is 33. The SMILES string of the molecule is CC(C)(C)c1cc2c3c(c1)C1(C)CCCCC1(C)N3c1cccc3c1B2c1cc(C(C)(C)C)cc2c1N3C1(C)CC3CCCCC3CC21C.Cc1cc2c3c(c1)C1(C)CC4CCCCC4CC1(C)N3c1cccc3c1B2c1cc(C(C)(C)C)cc2c1N3C1(C)CCCCC21C.Cc1cc2c3c(c1)C1(C)CCCCC1(C)N3c1cccc3c1B2c1cc(C)cc2c1N3C1(C)CC3CCCCC3CC21C. The highest BCUT2D eigenvalue weighted by molar-refractivity contribution is 7.02. The molecule has 9 aromatic rings. The lowest BCUT2D eigenvalue weighted by Crippen LogP contribution is -2.67. The normalized spacial score (nSPS) is 36.0. The summed E-state index contributed by atoms with van der Waals surface area (Å²) < 4.78 is 0. The molecule has 138 heavy (non-hydrogen) atoms. The van der Waals surface area contributed by atoms with E-state index in [1.165, 1.54) is 260 Å². The standard InChI is InChI=1S/C46H59BN2.C43H53BN2.C40H47BN2/c1-41(2,3)30-22-32-39-34(24-30)47-35-25-31(42(4,5)6)23-33-40(35)49(46(10)27-29-17-12-11-16-28(29)26-44(33,46)8)37-19-15-18-36(38(37)47)48(39)45(9)21-14-13-20-43(32,45)7;1-26-20-30-37-32(21-26)44-33-23-29(39(2,3)4)22-31-38(33)45(42(7)19-12-11-18-40(31,42)5)34-16-13-17-35(36(34)44)46(37)43(8)25-28-15-10-9-14-27(28)24-41(30,43)6;1-24-18-28-35-30(20-24)41-31-21-25(2)19-29-36(31)43(40(6)23-27-13-8-7-12-26(27)22-38(29,40)4)33-15-11-14-32(34(33)41)42(35)39(5)17-10-9-16-37(28,39)3/h15,18-19,22-25,28-29H,11-14,16-17,20-21,26-27H2,1-10H3;13,16-17,20-23,27-28H,9-12,14-15,18-19,24-25H2,1-8H3;11,14-15,18-21,26-27H,7-10,12-13,16-17,22-23H2,1-6H3. The lowest BCUT2D eigenvalue weighted by molar-refractivity contribution is 0.0581. The molecule has 0 aromatic heterocycles. The van der Waals surface area contributed by atoms with Gasteiger partial charge in [-0.15, -0.1) is 0 Å². The molecule has 18 atom stereocenters. The van der Waals surface area contributed by atoms with E-state index in [4.69, 9.17) is 0 Å². The first-order valence-corrected chi connectivity index (χ1v) is 56.7. The van der Waals surface area contributed by atoms with Gasteiger partial charge in [0.15, 0.2) is 0 Å². The molecule has 714 valence electrons. The predicted octanol–water partition coefficient (Wildman–Crippen LogP) is 26.8. The monoisotopic (exact) mass is 1830 g/mol. The third kappa shape index (κ3) is 10.3. The van der Waals surface area contributed by atoms with Crippen molar-refractivity contribution in [1.29, 1.82) is 0 Å². The maximum Gasteiger partial charge on any atom is 0.252 e. The molecule has 9 heteroatoms. The van der Waals surface area contributed by atoms with E-state index in [0.717, 1.165) is 35.5 Å². The van der Waals surface area contributed by atoms with E-state index >= 15 is 0 Å². The molecule has 9 fully saturated rings. The van der Waals surface area contributed by atoms with Crippen molar-refractivity contribution in [3.8, 4) is 0 Å². The van der Waals surface area contributed by atoms with Crippen LogP contribution in [0.1, 0.15) is 405 Å². The van der Waals surface area contributed by atoms with Crippen molar-refractivity contribution in [2.24, 2.45) is 35.5 Å². The van der Waals surface area contributed by atoms with Crippen LogP contribution in [0.3, 0.4) is 0 Å². The fourth-order valence-corrected chi connectivity index (χ4v) is 38.9. The molecule has 9 aliphatic carbocycles. The van der Waals surface area contributed by atoms with Crippen LogP contribution in [0, 0.1) is 56.3 Å². The minimum Gasteiger partial charge on any atom is -0.335 e. The highest BCUT2D eigenvalue weighted by atomic mass is 15.3. The van der Waals surface area contributed by atoms with Crippen molar-refractivity contribution in [1.82, 2.24) is 0 Å². The molecule has 21 aliphatic rings. The van der Waals surface area contributed by atoms with Gasteiger partial charge in [0.1, 0.15) is 0 Å². The van der Waals surface area contributed by atoms with Gasteiger partial charge in [-0.2, -0.15) is 0 Å². The summed E-state index contributed by atoms with van der Waals surface area (Å²) in [5.41, 5.74) is 53.3. The van der Waals surface area contributed by atoms with Gasteiger partial charge in [-0.25, -0.2) is 0 Å². The lowest BCUT2D eigenvalue weighted by atomic mass is 9.33. The van der Waals surface area contributed by atoms with Crippen LogP contribution in [0.15, 0.2) is 127 Å². The van der Waals surface area contributed by atoms with Crippen molar-refractivity contribution in [3.05, 3.63) is 194 Å². The third-order valence-electron chi connectivity index (χ3n) is 47.2. The first-order chi connectivity index (χ1) is 65.5. The summed E-state index contributed by atoms with van der Waals surface area (Å²) in [6.07, 6.45) is 40.8. The van der Waals surface area contributed by atoms with Crippen LogP contribution >= 0.6 is 0 Å². The molecule has 9 saturated carbocycles. The summed E-state index contributed by atoms with van der Waals surface area (Å²) >= 11 is 0. The van der Waals surface area contributed by atoms with Crippen LogP contribution in [0.25, 0.3) is 0 Å². The van der Waals surface area contributed by atoms with Crippen molar-refractivity contribution in [3.63, 3.8) is 0 Å². The molecular formula is C129H159B3N6. The van der Waals surface area contributed by atoms with Crippen molar-refractivity contribution in [2.75, 3.05) is 29.4 Å². The first-order valence-electron chi connectivity index (χ1n) is 56.7. The molecule has 30 rings (SSSR count). The van der Waals surface area contributed by atoms with Crippen LogP contribution in [-0.4, -0.2) is 53.4 Å². The number of rotatable bonds is 0. The maximum absolute atomic E-state index is 2.97. The van der Waals surface area contributed by atoms with Crippen LogP contribution in [0.2, 0.25) is 0 Å². The Kier molecular flexibility index (Phi) is 17.5. The van der Waals surface area contributed by atoms with E-state index < -0.39 is 0 Å². The molecule has 0 radical (unpaired) electrons. The van der Waals surface area contributed by atoms with Gasteiger partial charge in [0.2, 0.25) is 0 Å². The van der Waals surface area contributed by atoms with Gasteiger partial charge in [0.05, 0.1) is 33.2 Å². The smallest absolute Gasteiger partial charge is 0.252 e. The topological polar surface area (TPSA) is 19.4 Å². The van der Waals surface area contributed by atoms with Crippen LogP contribution in [0.4, 0.5) is 68.2 Å². The average Bonchev–Trinajstić information content (AvgIpc) is 1.48. The van der Waals surface area contributed by atoms with E-state index in [9.17, 15) is 0 Å². The number of benzene rings is 9. The highest BCUT2D eigenvalue weighted by Crippen LogP contribution is 2.74. The molecule has 18 unspecified atom stereocenters. The molecule has 0 N–H and O–H groups in total. The van der Waals surface area contributed by atoms with Gasteiger partial charge in [-0.1, -0.05) is 327 Å². The van der Waals surface area contributed by atoms with Gasteiger partial charge in [0.25, 0.3) is 20.1 Å². The predicted molar refractivity (Wildman–Crippen MR) is 589 cm³/mol. The molecule has 0 amide bonds. The molecule has 0 saturated heterocycles. The van der Waals surface area contributed by atoms with Gasteiger partial charge >= 0.3 is 0 Å². The first kappa shape index (κ1) is 87.7. The number of hydrogen-bond acceptors (Lipinski definition) is 6. The summed E-state index contributed by atoms with van der Waals surface area (Å²) in [7, 11) is 0. The Balaban J connectivity index is 0.000000102. The Morgan fingerprint density at radius 3 is 0.681 bits per heavy atom. The lowest BCUT2D eigenvalue weighted by Gasteiger charge is -2.57. The number of anilines is 12. The van der Waals surface area contributed by atoms with Gasteiger partial charge in [0, 0.05) is 101 Å². The average molecular weight is 1830 g/mol. The Morgan fingerprint density at radius 1 is 0.232 bits per heavy atom. The van der Waals surface area contributed by atoms with Gasteiger partial charge < -0.3 is 29.4 Å². The van der Waals surface area contributed by atoms with Crippen molar-refractivity contribution in [2.45, 2.75) is 441 Å². The van der Waals surface area contributed by atoms with Crippen LogP contribution < -0.4 is 78.6 Å². The highest BCUT2D eigenvalue weighted by Gasteiger charge is 2.73. The molecule has 12 aliphatic heterocycles. The second kappa shape index (κ2) is 27.5. The number of aryl methyl sites for hydroxylation is 3. The zero-order valence-electron chi connectivity index (χ0n) is 89.2. The number of hydrogen-bond donors (Lipinski definition) is 0. The molecule has 12 heterocycles. The Labute approximate surface area is 831 Å². The van der Waals surface area contributed by atoms with Gasteiger partial charge in [-0.3, -0.25) is 0 Å². The van der Waals surface area contributed by atoms with Crippen LogP contribution in [-0.2, 0) is 48.7 Å². The fourth-order valence-electron chi connectivity index (χ4n) is 38.9. The second-order valence-corrected chi connectivity index (χ2v) is 56.7. The van der Waals surface area contributed by atoms with E-state index in [1.54, 1.807) is 117 Å². The summed E-state index contributed by atoms with van der Waals surface area (Å²) in [5, 5.41) is 0. The molecule has 0 spiro atoms. The van der Waals surface area contributed by atoms with E-state index in [2.05, 4.69) is 323 Å². The van der Waals surface area contributed by atoms with Crippen molar-refractivity contribution >= 4 is 138 Å². The van der Waals surface area contributed by atoms with E-state index in [0.29, 0.717) is 6.71 Å². The summed E-state index contributed by atoms with van der Waals surface area (Å²) in [6, 6.07) is 54.1. The summed E-state index contributed by atoms with van der Waals surface area (Å²) in [5.74, 6) is 5.21. The Bertz CT molecular complexity index is 6890. The van der Waals surface area contributed by atoms with E-state index in [1.807, 2.05) is 0 Å². The second-order valence-electron chi connectivity index (χ2n) is 56.7. The summed E-state index contributed by atoms with van der Waals surface area (Å²) in [6.45, 7) is 61.7. The minimum atomic E-state index is 0.0617. The molecule has 9 aromatic carbocycles. The minimum absolute atomic E-state index is 0.0617. The van der Waals surface area contributed by atoms with Crippen molar-refractivity contribution < 1.29 is 0 Å². The molecular weight excluding hydrogens is 1670 g/mol. The zero-order valence-corrected chi connectivity index (χ0v) is 89.2. The quantitative estimate of drug-likeness (QED) is 0.140. The van der Waals surface area contributed by atoms with Gasteiger partial charge in [-0.05, 0) is 327 Å². The zero-order chi connectivity index (χ0) is 95.3.